The summed E-state index contributed by atoms with van der Waals surface area (Å²) in [7, 11) is 0. The predicted octanol–water partition coefficient (Wildman–Crippen LogP) is 3.66. The van der Waals surface area contributed by atoms with E-state index in [2.05, 4.69) is 30.1 Å². The number of rotatable bonds is 5. The van der Waals surface area contributed by atoms with Crippen molar-refractivity contribution in [3.05, 3.63) is 45.4 Å². The van der Waals surface area contributed by atoms with Crippen molar-refractivity contribution in [1.29, 1.82) is 5.26 Å². The molecule has 3 nitrogen and oxygen atoms in total. The van der Waals surface area contributed by atoms with E-state index in [-0.39, 0.29) is 0 Å². The lowest BCUT2D eigenvalue weighted by Gasteiger charge is -2.05. The molecule has 0 aliphatic rings. The standard InChI is InChI=1S/C15H16N2OS/c1-3-12-5-4-6-13(9-12)18-10-15-17-11(2)14(19-15)7-8-16/h4-6,9H,3,7,10H2,1-2H3. The molecule has 19 heavy (non-hydrogen) atoms. The number of ether oxygens (including phenoxy) is 1. The van der Waals surface area contributed by atoms with Gasteiger partial charge in [-0.1, -0.05) is 19.1 Å². The van der Waals surface area contributed by atoms with Crippen LogP contribution in [0.25, 0.3) is 0 Å². The second-order valence-corrected chi connectivity index (χ2v) is 5.41. The van der Waals surface area contributed by atoms with Crippen LogP contribution in [0.3, 0.4) is 0 Å². The summed E-state index contributed by atoms with van der Waals surface area (Å²) in [5, 5.41) is 9.64. The smallest absolute Gasteiger partial charge is 0.140 e. The normalized spacial score (nSPS) is 10.2. The molecule has 1 aromatic heterocycles. The molecule has 0 N–H and O–H groups in total. The van der Waals surface area contributed by atoms with Crippen LogP contribution in [0.1, 0.15) is 28.1 Å². The summed E-state index contributed by atoms with van der Waals surface area (Å²) in [6.45, 7) is 4.52. The Morgan fingerprint density at radius 3 is 3.00 bits per heavy atom. The van der Waals surface area contributed by atoms with E-state index in [4.69, 9.17) is 10.00 Å². The van der Waals surface area contributed by atoms with Crippen molar-refractivity contribution < 1.29 is 4.74 Å². The summed E-state index contributed by atoms with van der Waals surface area (Å²) in [6, 6.07) is 10.3. The monoisotopic (exact) mass is 272 g/mol. The van der Waals surface area contributed by atoms with Gasteiger partial charge in [-0.2, -0.15) is 5.26 Å². The highest BCUT2D eigenvalue weighted by molar-refractivity contribution is 7.11. The zero-order valence-electron chi connectivity index (χ0n) is 11.1. The molecule has 0 bridgehead atoms. The number of nitriles is 1. The first-order valence-electron chi connectivity index (χ1n) is 6.26. The first kappa shape index (κ1) is 13.6. The molecule has 1 heterocycles. The van der Waals surface area contributed by atoms with Crippen LogP contribution < -0.4 is 4.74 Å². The summed E-state index contributed by atoms with van der Waals surface area (Å²) in [4.78, 5) is 5.46. The Morgan fingerprint density at radius 1 is 1.42 bits per heavy atom. The van der Waals surface area contributed by atoms with Gasteiger partial charge in [0.15, 0.2) is 0 Å². The maximum atomic E-state index is 8.72. The minimum atomic E-state index is 0.425. The number of nitrogens with zero attached hydrogens (tertiary/aromatic N) is 2. The number of hydrogen-bond donors (Lipinski definition) is 0. The van der Waals surface area contributed by atoms with Crippen molar-refractivity contribution in [3.63, 3.8) is 0 Å². The number of benzene rings is 1. The Morgan fingerprint density at radius 2 is 2.26 bits per heavy atom. The Bertz CT molecular complexity index is 598. The van der Waals surface area contributed by atoms with Gasteiger partial charge in [0.25, 0.3) is 0 Å². The van der Waals surface area contributed by atoms with Gasteiger partial charge in [0, 0.05) is 4.88 Å². The Hall–Kier alpha value is -1.86. The first-order chi connectivity index (χ1) is 9.22. The summed E-state index contributed by atoms with van der Waals surface area (Å²) in [6.07, 6.45) is 1.43. The Balaban J connectivity index is 2.02. The van der Waals surface area contributed by atoms with Crippen LogP contribution in [0, 0.1) is 18.3 Å². The first-order valence-corrected chi connectivity index (χ1v) is 7.08. The van der Waals surface area contributed by atoms with Crippen LogP contribution >= 0.6 is 11.3 Å². The third-order valence-electron chi connectivity index (χ3n) is 2.85. The van der Waals surface area contributed by atoms with Gasteiger partial charge in [0.05, 0.1) is 18.2 Å². The Labute approximate surface area is 117 Å². The van der Waals surface area contributed by atoms with E-state index in [0.29, 0.717) is 13.0 Å². The van der Waals surface area contributed by atoms with Gasteiger partial charge in [0.2, 0.25) is 0 Å². The number of aryl methyl sites for hydroxylation is 2. The SMILES string of the molecule is CCc1cccc(OCc2nc(C)c(CC#N)s2)c1. The lowest BCUT2D eigenvalue weighted by Crippen LogP contribution is -1.95. The molecule has 0 amide bonds. The summed E-state index contributed by atoms with van der Waals surface area (Å²) in [5.41, 5.74) is 2.20. The highest BCUT2D eigenvalue weighted by Gasteiger charge is 2.07. The molecule has 1 aromatic carbocycles. The Kier molecular flexibility index (Phi) is 4.53. The van der Waals surface area contributed by atoms with E-state index in [1.54, 1.807) is 11.3 Å². The molecule has 4 heteroatoms. The maximum absolute atomic E-state index is 8.72. The minimum absolute atomic E-state index is 0.425. The molecule has 0 aliphatic carbocycles. The molecule has 0 radical (unpaired) electrons. The third kappa shape index (κ3) is 3.55. The third-order valence-corrected chi connectivity index (χ3v) is 3.98. The summed E-state index contributed by atoms with van der Waals surface area (Å²) < 4.78 is 5.75. The highest BCUT2D eigenvalue weighted by atomic mass is 32.1. The number of hydrogen-bond acceptors (Lipinski definition) is 4. The number of thiazole rings is 1. The second kappa shape index (κ2) is 6.35. The minimum Gasteiger partial charge on any atom is -0.486 e. The molecule has 0 saturated heterocycles. The van der Waals surface area contributed by atoms with Crippen molar-refractivity contribution in [3.8, 4) is 11.8 Å². The van der Waals surface area contributed by atoms with E-state index >= 15 is 0 Å². The zero-order valence-corrected chi connectivity index (χ0v) is 12.0. The van der Waals surface area contributed by atoms with Gasteiger partial charge < -0.3 is 4.74 Å². The molecular formula is C15H16N2OS. The largest absolute Gasteiger partial charge is 0.486 e. The maximum Gasteiger partial charge on any atom is 0.140 e. The van der Waals surface area contributed by atoms with Gasteiger partial charge >= 0.3 is 0 Å². The van der Waals surface area contributed by atoms with Crippen molar-refractivity contribution in [2.45, 2.75) is 33.3 Å². The van der Waals surface area contributed by atoms with E-state index in [1.807, 2.05) is 19.1 Å². The molecule has 0 fully saturated rings. The molecule has 0 atom stereocenters. The topological polar surface area (TPSA) is 45.9 Å². The lowest BCUT2D eigenvalue weighted by molar-refractivity contribution is 0.305. The average Bonchev–Trinajstić information content (AvgIpc) is 2.78. The van der Waals surface area contributed by atoms with Gasteiger partial charge in [-0.05, 0) is 31.0 Å². The second-order valence-electron chi connectivity index (χ2n) is 4.24. The van der Waals surface area contributed by atoms with Crippen LogP contribution in [0.5, 0.6) is 5.75 Å². The molecule has 0 spiro atoms. The van der Waals surface area contributed by atoms with E-state index in [1.165, 1.54) is 5.56 Å². The fourth-order valence-corrected chi connectivity index (χ4v) is 2.70. The van der Waals surface area contributed by atoms with Crippen molar-refractivity contribution in [2.24, 2.45) is 0 Å². The van der Waals surface area contributed by atoms with Crippen LogP contribution in [-0.2, 0) is 19.4 Å². The van der Waals surface area contributed by atoms with Crippen LogP contribution in [0.15, 0.2) is 24.3 Å². The lowest BCUT2D eigenvalue weighted by atomic mass is 10.2. The average molecular weight is 272 g/mol. The number of aromatic nitrogens is 1. The zero-order chi connectivity index (χ0) is 13.7. The highest BCUT2D eigenvalue weighted by Crippen LogP contribution is 2.21. The van der Waals surface area contributed by atoms with Gasteiger partial charge in [0.1, 0.15) is 17.4 Å². The van der Waals surface area contributed by atoms with E-state index in [9.17, 15) is 0 Å². The van der Waals surface area contributed by atoms with Crippen molar-refractivity contribution in [1.82, 2.24) is 4.98 Å². The molecular weight excluding hydrogens is 256 g/mol. The fraction of sp³-hybridized carbons (Fsp3) is 0.333. The van der Waals surface area contributed by atoms with E-state index < -0.39 is 0 Å². The molecule has 0 saturated carbocycles. The summed E-state index contributed by atoms with van der Waals surface area (Å²) in [5.74, 6) is 0.869. The van der Waals surface area contributed by atoms with Gasteiger partial charge in [-0.25, -0.2) is 4.98 Å². The molecule has 98 valence electrons. The predicted molar refractivity (Wildman–Crippen MR) is 76.3 cm³/mol. The fourth-order valence-electron chi connectivity index (χ4n) is 1.79. The van der Waals surface area contributed by atoms with Crippen molar-refractivity contribution in [2.75, 3.05) is 0 Å². The van der Waals surface area contributed by atoms with Crippen molar-refractivity contribution >= 4 is 11.3 Å². The van der Waals surface area contributed by atoms with Crippen LogP contribution in [0.4, 0.5) is 0 Å². The van der Waals surface area contributed by atoms with Crippen LogP contribution in [0.2, 0.25) is 0 Å². The molecule has 2 rings (SSSR count). The molecule has 0 unspecified atom stereocenters. The quantitative estimate of drug-likeness (QED) is 0.834. The molecule has 0 aliphatic heterocycles. The van der Waals surface area contributed by atoms with Gasteiger partial charge in [-0.3, -0.25) is 0 Å². The van der Waals surface area contributed by atoms with Gasteiger partial charge in [-0.15, -0.1) is 11.3 Å². The van der Waals surface area contributed by atoms with E-state index in [0.717, 1.165) is 27.7 Å². The van der Waals surface area contributed by atoms with Crippen LogP contribution in [-0.4, -0.2) is 4.98 Å². The molecule has 2 aromatic rings. The summed E-state index contributed by atoms with van der Waals surface area (Å²) >= 11 is 1.55.